The van der Waals surface area contributed by atoms with E-state index in [2.05, 4.69) is 26.0 Å². The monoisotopic (exact) mass is 484 g/mol. The quantitative estimate of drug-likeness (QED) is 0.350. The van der Waals surface area contributed by atoms with Crippen molar-refractivity contribution >= 4 is 48.2 Å². The number of hydrogen-bond donors (Lipinski definition) is 3. The second-order valence-corrected chi connectivity index (χ2v) is 8.80. The van der Waals surface area contributed by atoms with Gasteiger partial charge in [0.1, 0.15) is 19.7 Å². The number of hydrogen-bond acceptors (Lipinski definition) is 5. The van der Waals surface area contributed by atoms with E-state index in [0.717, 1.165) is 22.5 Å². The topological polar surface area (TPSA) is 100 Å². The average Bonchev–Trinajstić information content (AvgIpc) is 3.47. The van der Waals surface area contributed by atoms with Gasteiger partial charge < -0.3 is 16.0 Å². The normalized spacial score (nSPS) is 15.2. The van der Waals surface area contributed by atoms with Gasteiger partial charge in [0, 0.05) is 42.4 Å². The molecule has 3 heterocycles. The van der Waals surface area contributed by atoms with Crippen LogP contribution in [0.2, 0.25) is 5.02 Å². The van der Waals surface area contributed by atoms with Gasteiger partial charge in [-0.25, -0.2) is 4.98 Å². The first kappa shape index (κ1) is 22.9. The van der Waals surface area contributed by atoms with Crippen molar-refractivity contribution in [3.63, 3.8) is 0 Å². The van der Waals surface area contributed by atoms with Crippen LogP contribution in [0.4, 0.5) is 5.82 Å². The lowest BCUT2D eigenvalue weighted by Gasteiger charge is -2.13. The smallest absolute Gasteiger partial charge is 0.242 e. The molecule has 2 aromatic heterocycles. The Labute approximate surface area is 208 Å². The molecule has 1 atom stereocenters. The molecule has 4 aromatic rings. The molecule has 1 fully saturated rings. The lowest BCUT2D eigenvalue weighted by Crippen LogP contribution is -2.41. The van der Waals surface area contributed by atoms with Crippen molar-refractivity contribution in [2.24, 2.45) is 0 Å². The van der Waals surface area contributed by atoms with Crippen molar-refractivity contribution in [3.05, 3.63) is 76.9 Å². The Kier molecular flexibility index (Phi) is 6.42. The standard InChI is InChI=1S/C25H22BClN6O2/c26-18-14-30-33-22(11-21(32-24(18)33)17-3-1-2-4-19(17)27)28-12-15-5-7-16(8-6-15)13-29-25(35)20-9-10-23(34)31-20/h1-8,11,14,20,28H,9-10,12-13H2,(H,29,35)(H,31,34). The average molecular weight is 485 g/mol. The highest BCUT2D eigenvalue weighted by atomic mass is 35.5. The Morgan fingerprint density at radius 2 is 1.89 bits per heavy atom. The van der Waals surface area contributed by atoms with Gasteiger partial charge in [0.2, 0.25) is 11.8 Å². The van der Waals surface area contributed by atoms with Crippen LogP contribution in [0.3, 0.4) is 0 Å². The first-order valence-corrected chi connectivity index (χ1v) is 11.6. The number of fused-ring (bicyclic) bond motifs is 1. The maximum atomic E-state index is 12.2. The van der Waals surface area contributed by atoms with Crippen molar-refractivity contribution < 1.29 is 9.59 Å². The number of carbonyl (C=O) groups is 2. The molecule has 1 unspecified atom stereocenters. The molecule has 174 valence electrons. The van der Waals surface area contributed by atoms with E-state index in [1.807, 2.05) is 54.6 Å². The largest absolute Gasteiger partial charge is 0.366 e. The van der Waals surface area contributed by atoms with Gasteiger partial charge in [0.25, 0.3) is 0 Å². The Bertz CT molecular complexity index is 1410. The van der Waals surface area contributed by atoms with Crippen molar-refractivity contribution in [2.75, 3.05) is 5.32 Å². The van der Waals surface area contributed by atoms with Gasteiger partial charge in [-0.05, 0) is 29.1 Å². The maximum absolute atomic E-state index is 12.2. The number of halogens is 1. The van der Waals surface area contributed by atoms with E-state index < -0.39 is 6.04 Å². The van der Waals surface area contributed by atoms with E-state index in [1.54, 1.807) is 10.7 Å². The third-order valence-electron chi connectivity index (χ3n) is 5.92. The van der Waals surface area contributed by atoms with E-state index in [4.69, 9.17) is 19.4 Å². The molecule has 1 aliphatic rings. The molecular weight excluding hydrogens is 463 g/mol. The minimum absolute atomic E-state index is 0.0785. The zero-order chi connectivity index (χ0) is 24.4. The van der Waals surface area contributed by atoms with Crippen LogP contribution in [0.15, 0.2) is 60.8 Å². The zero-order valence-electron chi connectivity index (χ0n) is 18.8. The Hall–Kier alpha value is -3.85. The summed E-state index contributed by atoms with van der Waals surface area (Å²) in [6.45, 7) is 0.944. The lowest BCUT2D eigenvalue weighted by molar-refractivity contribution is -0.125. The minimum Gasteiger partial charge on any atom is -0.366 e. The molecule has 2 amide bonds. The van der Waals surface area contributed by atoms with Crippen LogP contribution < -0.4 is 21.4 Å². The highest BCUT2D eigenvalue weighted by Crippen LogP contribution is 2.28. The van der Waals surface area contributed by atoms with Crippen LogP contribution >= 0.6 is 11.6 Å². The number of benzene rings is 2. The summed E-state index contributed by atoms with van der Waals surface area (Å²) >= 11 is 6.39. The summed E-state index contributed by atoms with van der Waals surface area (Å²) < 4.78 is 1.67. The molecule has 1 aliphatic heterocycles. The number of rotatable bonds is 7. The van der Waals surface area contributed by atoms with Crippen molar-refractivity contribution in [1.82, 2.24) is 25.2 Å². The molecule has 0 saturated carbocycles. The fraction of sp³-hybridized carbons (Fsp3) is 0.200. The summed E-state index contributed by atoms with van der Waals surface area (Å²) in [5.41, 5.74) is 4.55. The Morgan fingerprint density at radius 1 is 1.14 bits per heavy atom. The van der Waals surface area contributed by atoms with Crippen molar-refractivity contribution in [1.29, 1.82) is 0 Å². The van der Waals surface area contributed by atoms with Crippen LogP contribution in [0.25, 0.3) is 16.9 Å². The van der Waals surface area contributed by atoms with E-state index in [-0.39, 0.29) is 11.8 Å². The van der Waals surface area contributed by atoms with Crippen molar-refractivity contribution in [3.8, 4) is 11.3 Å². The lowest BCUT2D eigenvalue weighted by atomic mass is 10.0. The molecule has 0 aliphatic carbocycles. The summed E-state index contributed by atoms with van der Waals surface area (Å²) in [4.78, 5) is 28.1. The van der Waals surface area contributed by atoms with Gasteiger partial charge in [-0.1, -0.05) is 54.1 Å². The summed E-state index contributed by atoms with van der Waals surface area (Å²) in [5.74, 6) is 0.498. The zero-order valence-corrected chi connectivity index (χ0v) is 19.5. The highest BCUT2D eigenvalue weighted by Gasteiger charge is 2.26. The predicted octanol–water partition coefficient (Wildman–Crippen LogP) is 2.35. The third kappa shape index (κ3) is 5.00. The van der Waals surface area contributed by atoms with E-state index >= 15 is 0 Å². The molecule has 35 heavy (non-hydrogen) atoms. The fourth-order valence-corrected chi connectivity index (χ4v) is 4.24. The van der Waals surface area contributed by atoms with E-state index in [1.165, 1.54) is 0 Å². The second kappa shape index (κ2) is 9.80. The third-order valence-corrected chi connectivity index (χ3v) is 6.25. The number of amides is 2. The highest BCUT2D eigenvalue weighted by molar-refractivity contribution is 6.36. The SMILES string of the molecule is [B]c1cnn2c(NCc3ccc(CNC(=O)C4CCC(=O)N4)cc3)cc(-c3ccccc3Cl)nc12. The number of carbonyl (C=O) groups excluding carboxylic acids is 2. The molecule has 2 aromatic carbocycles. The van der Waals surface area contributed by atoms with Crippen LogP contribution in [-0.2, 0) is 22.7 Å². The molecule has 0 spiro atoms. The van der Waals surface area contributed by atoms with Gasteiger partial charge in [-0.3, -0.25) is 9.59 Å². The number of anilines is 1. The first-order valence-electron chi connectivity index (χ1n) is 11.3. The summed E-state index contributed by atoms with van der Waals surface area (Å²) in [6, 6.07) is 16.9. The maximum Gasteiger partial charge on any atom is 0.242 e. The summed E-state index contributed by atoms with van der Waals surface area (Å²) in [7, 11) is 6.09. The van der Waals surface area contributed by atoms with Gasteiger partial charge in [0.15, 0.2) is 5.65 Å². The van der Waals surface area contributed by atoms with Crippen molar-refractivity contribution in [2.45, 2.75) is 32.0 Å². The van der Waals surface area contributed by atoms with Crippen LogP contribution in [0.1, 0.15) is 24.0 Å². The van der Waals surface area contributed by atoms with Gasteiger partial charge >= 0.3 is 0 Å². The summed E-state index contributed by atoms with van der Waals surface area (Å²) in [5, 5.41) is 13.9. The predicted molar refractivity (Wildman–Crippen MR) is 136 cm³/mol. The fourth-order valence-electron chi connectivity index (χ4n) is 4.00. The van der Waals surface area contributed by atoms with Gasteiger partial charge in [-0.2, -0.15) is 9.61 Å². The van der Waals surface area contributed by atoms with Gasteiger partial charge in [0.05, 0.1) is 5.69 Å². The summed E-state index contributed by atoms with van der Waals surface area (Å²) in [6.07, 6.45) is 2.51. The van der Waals surface area contributed by atoms with Gasteiger partial charge in [-0.15, -0.1) is 0 Å². The molecule has 0 bridgehead atoms. The molecule has 3 N–H and O–H groups in total. The molecule has 10 heteroatoms. The minimum atomic E-state index is -0.435. The van der Waals surface area contributed by atoms with E-state index in [9.17, 15) is 9.59 Å². The number of aromatic nitrogens is 3. The van der Waals surface area contributed by atoms with E-state index in [0.29, 0.717) is 47.8 Å². The second-order valence-electron chi connectivity index (χ2n) is 8.39. The molecule has 2 radical (unpaired) electrons. The Morgan fingerprint density at radius 3 is 2.60 bits per heavy atom. The van der Waals surface area contributed by atoms with Crippen LogP contribution in [-0.4, -0.2) is 40.3 Å². The van der Waals surface area contributed by atoms with Crippen LogP contribution in [0.5, 0.6) is 0 Å². The molecule has 5 rings (SSSR count). The number of nitrogens with one attached hydrogen (secondary N) is 3. The Balaban J connectivity index is 1.27. The first-order chi connectivity index (χ1) is 17.0. The van der Waals surface area contributed by atoms with Crippen LogP contribution in [0, 0.1) is 0 Å². The number of nitrogens with zero attached hydrogens (tertiary/aromatic N) is 3. The molecule has 1 saturated heterocycles. The molecular formula is C25H22BClN6O2. The molecule has 8 nitrogen and oxygen atoms in total.